The van der Waals surface area contributed by atoms with E-state index in [1.165, 1.54) is 34.3 Å². The van der Waals surface area contributed by atoms with Gasteiger partial charge in [-0.15, -0.1) is 0 Å². The van der Waals surface area contributed by atoms with Crippen LogP contribution in [0.25, 0.3) is 0 Å². The van der Waals surface area contributed by atoms with Crippen LogP contribution in [-0.2, 0) is 38.3 Å². The third-order valence-electron chi connectivity index (χ3n) is 5.60. The molecule has 0 atom stereocenters. The highest BCUT2D eigenvalue weighted by Crippen LogP contribution is 2.31. The molecule has 2 aliphatic heterocycles. The van der Waals surface area contributed by atoms with E-state index in [0.717, 1.165) is 30.7 Å². The highest BCUT2D eigenvalue weighted by Gasteiger charge is 2.33. The molecule has 0 unspecified atom stereocenters. The predicted octanol–water partition coefficient (Wildman–Crippen LogP) is 4.07. The third-order valence-corrected chi connectivity index (χ3v) is 5.60. The second-order valence-electron chi connectivity index (χ2n) is 8.01. The van der Waals surface area contributed by atoms with Crippen molar-refractivity contribution in [1.82, 2.24) is 29.7 Å². The Balaban J connectivity index is 0.000000179. The van der Waals surface area contributed by atoms with Crippen LogP contribution in [0.5, 0.6) is 0 Å². The lowest BCUT2D eigenvalue weighted by atomic mass is 10.0. The molecule has 0 radical (unpaired) electrons. The van der Waals surface area contributed by atoms with Gasteiger partial charge in [0.25, 0.3) is 0 Å². The van der Waals surface area contributed by atoms with Crippen molar-refractivity contribution in [3.8, 4) is 0 Å². The molecule has 186 valence electrons. The Hall–Kier alpha value is -3.48. The number of alkyl halides is 6. The van der Waals surface area contributed by atoms with E-state index in [9.17, 15) is 31.1 Å². The molecule has 0 aliphatic carbocycles. The van der Waals surface area contributed by atoms with Gasteiger partial charge in [-0.3, -0.25) is 14.5 Å². The van der Waals surface area contributed by atoms with E-state index in [4.69, 9.17) is 0 Å². The fourth-order valence-electron chi connectivity index (χ4n) is 3.78. The molecule has 0 aromatic carbocycles. The Morgan fingerprint density at radius 1 is 0.914 bits per heavy atom. The van der Waals surface area contributed by atoms with Crippen LogP contribution in [0, 0.1) is 0 Å². The molecule has 0 spiro atoms. The molecule has 0 saturated carbocycles. The number of hydrogen-bond acceptors (Lipinski definition) is 5. The standard InChI is InChI=1S/C13H11F3N4O.C9H9F3N2/c14-13(15,16)10-5-9-7-19(3-1-11(9)18-6-10)12(21)20-4-2-17-8-20;10-9(11,12)7-3-6-4-13-2-1-8(6)14-5-7/h2,4-6,8H,1,3,7H2;3,5,13H,1-2,4H2. The summed E-state index contributed by atoms with van der Waals surface area (Å²) in [7, 11) is 0. The SMILES string of the molecule is FC(F)(F)c1cnc2c(c1)CNCC2.O=C(N1CCc2ncc(C(F)(F)F)cc2C1)n1ccnc1. The van der Waals surface area contributed by atoms with Crippen LogP contribution in [0.2, 0.25) is 0 Å². The fourth-order valence-corrected chi connectivity index (χ4v) is 3.78. The van der Waals surface area contributed by atoms with Crippen LogP contribution in [0.15, 0.2) is 43.2 Å². The summed E-state index contributed by atoms with van der Waals surface area (Å²) in [4.78, 5) is 25.1. The van der Waals surface area contributed by atoms with Gasteiger partial charge in [-0.05, 0) is 23.3 Å². The average molecular weight is 498 g/mol. The van der Waals surface area contributed by atoms with Crippen LogP contribution in [0.4, 0.5) is 31.1 Å². The zero-order valence-corrected chi connectivity index (χ0v) is 18.2. The highest BCUT2D eigenvalue weighted by atomic mass is 19.4. The third kappa shape index (κ3) is 5.78. The van der Waals surface area contributed by atoms with Gasteiger partial charge >= 0.3 is 18.4 Å². The van der Waals surface area contributed by atoms with E-state index in [1.54, 1.807) is 0 Å². The zero-order chi connectivity index (χ0) is 25.2. The zero-order valence-electron chi connectivity index (χ0n) is 18.2. The number of rotatable bonds is 0. The summed E-state index contributed by atoms with van der Waals surface area (Å²) in [6.45, 7) is 1.79. The minimum Gasteiger partial charge on any atom is -0.319 e. The van der Waals surface area contributed by atoms with Gasteiger partial charge in [0.1, 0.15) is 6.33 Å². The second-order valence-corrected chi connectivity index (χ2v) is 8.01. The van der Waals surface area contributed by atoms with E-state index < -0.39 is 23.5 Å². The monoisotopic (exact) mass is 498 g/mol. The maximum Gasteiger partial charge on any atom is 0.417 e. The minimum absolute atomic E-state index is 0.114. The van der Waals surface area contributed by atoms with Crippen LogP contribution < -0.4 is 5.32 Å². The number of hydrogen-bond donors (Lipinski definition) is 1. The molecule has 5 rings (SSSR count). The minimum atomic E-state index is -4.43. The predicted molar refractivity (Wildman–Crippen MR) is 111 cm³/mol. The van der Waals surface area contributed by atoms with Gasteiger partial charge in [0.15, 0.2) is 0 Å². The van der Waals surface area contributed by atoms with E-state index in [0.29, 0.717) is 42.8 Å². The van der Waals surface area contributed by atoms with Crippen LogP contribution in [-0.4, -0.2) is 43.5 Å². The van der Waals surface area contributed by atoms with Gasteiger partial charge in [-0.2, -0.15) is 26.3 Å². The van der Waals surface area contributed by atoms with Gasteiger partial charge in [-0.25, -0.2) is 9.78 Å². The van der Waals surface area contributed by atoms with Crippen molar-refractivity contribution in [2.24, 2.45) is 0 Å². The maximum atomic E-state index is 12.7. The highest BCUT2D eigenvalue weighted by molar-refractivity contribution is 5.77. The van der Waals surface area contributed by atoms with E-state index in [-0.39, 0.29) is 12.6 Å². The first-order valence-electron chi connectivity index (χ1n) is 10.6. The summed E-state index contributed by atoms with van der Waals surface area (Å²) in [5.74, 6) is 0. The molecular formula is C22H20F6N6O. The van der Waals surface area contributed by atoms with Crippen LogP contribution in [0.1, 0.15) is 33.6 Å². The molecule has 35 heavy (non-hydrogen) atoms. The van der Waals surface area contributed by atoms with E-state index in [2.05, 4.69) is 20.3 Å². The molecule has 1 amide bonds. The molecule has 1 N–H and O–H groups in total. The number of carbonyl (C=O) groups is 1. The molecule has 2 aliphatic rings. The summed E-state index contributed by atoms with van der Waals surface area (Å²) in [5, 5.41) is 3.01. The van der Waals surface area contributed by atoms with Gasteiger partial charge in [0, 0.05) is 75.2 Å². The van der Waals surface area contributed by atoms with Crippen molar-refractivity contribution in [3.05, 3.63) is 76.9 Å². The first-order valence-corrected chi connectivity index (χ1v) is 10.6. The van der Waals surface area contributed by atoms with Gasteiger partial charge < -0.3 is 10.2 Å². The molecule has 5 heterocycles. The van der Waals surface area contributed by atoms with E-state index >= 15 is 0 Å². The Bertz CT molecular complexity index is 1190. The summed E-state index contributed by atoms with van der Waals surface area (Å²) in [5.41, 5.74) is 1.02. The number of carbonyl (C=O) groups excluding carboxylic acids is 1. The molecule has 13 heteroatoms. The quantitative estimate of drug-likeness (QED) is 0.473. The van der Waals surface area contributed by atoms with Crippen LogP contribution in [0.3, 0.4) is 0 Å². The van der Waals surface area contributed by atoms with Crippen molar-refractivity contribution in [2.45, 2.75) is 38.3 Å². The molecule has 0 saturated heterocycles. The van der Waals surface area contributed by atoms with Crippen LogP contribution >= 0.6 is 0 Å². The number of nitrogens with zero attached hydrogens (tertiary/aromatic N) is 5. The van der Waals surface area contributed by atoms with Gasteiger partial charge in [0.05, 0.1) is 11.1 Å². The number of pyridine rings is 2. The average Bonchev–Trinajstić information content (AvgIpc) is 3.37. The molecule has 3 aromatic rings. The Kier molecular flexibility index (Phi) is 6.79. The number of amides is 1. The molecular weight excluding hydrogens is 478 g/mol. The maximum absolute atomic E-state index is 12.7. The summed E-state index contributed by atoms with van der Waals surface area (Å²) in [6, 6.07) is 1.93. The number of halogens is 6. The Morgan fingerprint density at radius 2 is 1.54 bits per heavy atom. The molecule has 3 aromatic heterocycles. The smallest absolute Gasteiger partial charge is 0.319 e. The number of fused-ring (bicyclic) bond motifs is 2. The Labute approximate surface area is 195 Å². The topological polar surface area (TPSA) is 75.9 Å². The summed E-state index contributed by atoms with van der Waals surface area (Å²) < 4.78 is 76.3. The largest absolute Gasteiger partial charge is 0.417 e. The van der Waals surface area contributed by atoms with Crippen molar-refractivity contribution < 1.29 is 31.1 Å². The van der Waals surface area contributed by atoms with Gasteiger partial charge in [-0.1, -0.05) is 0 Å². The first-order chi connectivity index (χ1) is 16.5. The van der Waals surface area contributed by atoms with E-state index in [1.807, 2.05) is 0 Å². The van der Waals surface area contributed by atoms with Gasteiger partial charge in [0.2, 0.25) is 0 Å². The summed E-state index contributed by atoms with van der Waals surface area (Å²) >= 11 is 0. The lowest BCUT2D eigenvalue weighted by molar-refractivity contribution is -0.138. The summed E-state index contributed by atoms with van der Waals surface area (Å²) in [6.07, 6.45) is -1.50. The number of nitrogens with one attached hydrogen (secondary N) is 1. The Morgan fingerprint density at radius 3 is 2.14 bits per heavy atom. The number of imidazole rings is 1. The first kappa shape index (κ1) is 24.6. The lowest BCUT2D eigenvalue weighted by Gasteiger charge is -2.28. The van der Waals surface area contributed by atoms with Crippen molar-refractivity contribution >= 4 is 6.03 Å². The molecule has 0 bridgehead atoms. The van der Waals surface area contributed by atoms with Crippen molar-refractivity contribution in [1.29, 1.82) is 0 Å². The van der Waals surface area contributed by atoms with Crippen molar-refractivity contribution in [2.75, 3.05) is 13.1 Å². The molecule has 7 nitrogen and oxygen atoms in total. The lowest BCUT2D eigenvalue weighted by Crippen LogP contribution is -2.38. The fraction of sp³-hybridized carbons (Fsp3) is 0.364. The number of aromatic nitrogens is 4. The molecule has 0 fully saturated rings. The normalized spacial score (nSPS) is 15.5. The van der Waals surface area contributed by atoms with Crippen molar-refractivity contribution in [3.63, 3.8) is 0 Å². The second kappa shape index (κ2) is 9.64.